The average molecular weight is 565 g/mol. The summed E-state index contributed by atoms with van der Waals surface area (Å²) in [4.78, 5) is 24.9. The number of carbonyl (C=O) groups excluding carboxylic acids is 2. The van der Waals surface area contributed by atoms with Crippen molar-refractivity contribution in [2.75, 3.05) is 0 Å². The Balaban J connectivity index is 2.15. The molecule has 1 saturated heterocycles. The summed E-state index contributed by atoms with van der Waals surface area (Å²) in [6, 6.07) is 0. The van der Waals surface area contributed by atoms with Gasteiger partial charge >= 0.3 is 11.9 Å². The van der Waals surface area contributed by atoms with Gasteiger partial charge in [-0.3, -0.25) is 9.59 Å². The van der Waals surface area contributed by atoms with Gasteiger partial charge < -0.3 is 29.5 Å². The normalized spacial score (nSPS) is 35.1. The van der Waals surface area contributed by atoms with E-state index in [0.717, 1.165) is 18.4 Å². The Kier molecular flexibility index (Phi) is 13.6. The first-order valence-corrected chi connectivity index (χ1v) is 14.9. The molecule has 2 rings (SSSR count). The molecule has 0 aliphatic carbocycles. The van der Waals surface area contributed by atoms with Crippen molar-refractivity contribution in [3.63, 3.8) is 0 Å². The van der Waals surface area contributed by atoms with E-state index in [1.165, 1.54) is 0 Å². The van der Waals surface area contributed by atoms with Gasteiger partial charge in [-0.25, -0.2) is 0 Å². The number of hydrogen-bond donors (Lipinski definition) is 3. The number of epoxide rings is 1. The lowest BCUT2D eigenvalue weighted by Gasteiger charge is -2.32. The summed E-state index contributed by atoms with van der Waals surface area (Å²) in [5, 5.41) is 31.6. The van der Waals surface area contributed by atoms with E-state index >= 15 is 0 Å². The molecule has 1 fully saturated rings. The van der Waals surface area contributed by atoms with Crippen LogP contribution in [0.25, 0.3) is 0 Å². The molecule has 8 heteroatoms. The molecule has 0 aromatic heterocycles. The van der Waals surface area contributed by atoms with Crippen LogP contribution in [0.5, 0.6) is 0 Å². The van der Waals surface area contributed by atoms with Gasteiger partial charge in [0.15, 0.2) is 0 Å². The summed E-state index contributed by atoms with van der Waals surface area (Å²) in [6.45, 7) is 13.4. The molecule has 228 valence electrons. The highest BCUT2D eigenvalue weighted by Crippen LogP contribution is 2.36. The summed E-state index contributed by atoms with van der Waals surface area (Å²) < 4.78 is 17.2. The van der Waals surface area contributed by atoms with Gasteiger partial charge in [0.05, 0.1) is 30.8 Å². The van der Waals surface area contributed by atoms with E-state index in [1.807, 2.05) is 52.8 Å². The van der Waals surface area contributed by atoms with Crippen LogP contribution in [0.2, 0.25) is 0 Å². The minimum Gasteiger partial charge on any atom is -0.457 e. The molecule has 0 amide bonds. The van der Waals surface area contributed by atoms with Crippen LogP contribution in [0.4, 0.5) is 0 Å². The number of ether oxygens (including phenoxy) is 3. The Morgan fingerprint density at radius 1 is 1.27 bits per heavy atom. The van der Waals surface area contributed by atoms with Crippen molar-refractivity contribution in [2.45, 2.75) is 136 Å². The first-order valence-electron chi connectivity index (χ1n) is 14.9. The largest absolute Gasteiger partial charge is 0.457 e. The van der Waals surface area contributed by atoms with Gasteiger partial charge in [-0.2, -0.15) is 0 Å². The van der Waals surface area contributed by atoms with Crippen LogP contribution >= 0.6 is 0 Å². The highest BCUT2D eigenvalue weighted by Gasteiger charge is 2.45. The Morgan fingerprint density at radius 2 is 1.98 bits per heavy atom. The molecule has 0 bridgehead atoms. The van der Waals surface area contributed by atoms with E-state index in [4.69, 9.17) is 14.2 Å². The molecule has 40 heavy (non-hydrogen) atoms. The molecule has 0 radical (unpaired) electrons. The molecule has 0 aromatic rings. The van der Waals surface area contributed by atoms with Crippen LogP contribution in [-0.2, 0) is 23.8 Å². The van der Waals surface area contributed by atoms with Gasteiger partial charge in [-0.1, -0.05) is 58.9 Å². The molecule has 2 aliphatic rings. The van der Waals surface area contributed by atoms with Crippen molar-refractivity contribution in [3.05, 3.63) is 36.0 Å². The molecular weight excluding hydrogens is 512 g/mol. The number of carbonyl (C=O) groups is 2. The van der Waals surface area contributed by atoms with Gasteiger partial charge in [0.1, 0.15) is 17.8 Å². The predicted molar refractivity (Wildman–Crippen MR) is 154 cm³/mol. The average Bonchev–Trinajstić information content (AvgIpc) is 3.65. The summed E-state index contributed by atoms with van der Waals surface area (Å²) in [5.41, 5.74) is -0.577. The Bertz CT molecular complexity index is 907. The highest BCUT2D eigenvalue weighted by molar-refractivity contribution is 5.70. The van der Waals surface area contributed by atoms with Gasteiger partial charge in [-0.05, 0) is 63.5 Å². The number of rotatable bonds is 11. The lowest BCUT2D eigenvalue weighted by atomic mass is 9.88. The molecule has 0 aromatic carbocycles. The fourth-order valence-electron chi connectivity index (χ4n) is 5.19. The zero-order valence-corrected chi connectivity index (χ0v) is 25.4. The molecule has 8 nitrogen and oxygen atoms in total. The quantitative estimate of drug-likeness (QED) is 0.141. The summed E-state index contributed by atoms with van der Waals surface area (Å²) in [6.07, 6.45) is 9.49. The van der Waals surface area contributed by atoms with Crippen molar-refractivity contribution < 1.29 is 39.1 Å². The molecular formula is C32H52O8. The number of esters is 2. The number of allylic oxidation sites excluding steroid dienone is 3. The second kappa shape index (κ2) is 15.9. The van der Waals surface area contributed by atoms with E-state index in [1.54, 1.807) is 13.0 Å². The van der Waals surface area contributed by atoms with Crippen molar-refractivity contribution >= 4 is 11.9 Å². The van der Waals surface area contributed by atoms with E-state index in [9.17, 15) is 24.9 Å². The van der Waals surface area contributed by atoms with Gasteiger partial charge in [0.25, 0.3) is 0 Å². The second-order valence-corrected chi connectivity index (χ2v) is 12.1. The molecule has 0 spiro atoms. The highest BCUT2D eigenvalue weighted by atomic mass is 16.6. The third kappa shape index (κ3) is 10.8. The second-order valence-electron chi connectivity index (χ2n) is 12.1. The van der Waals surface area contributed by atoms with Crippen LogP contribution in [0.1, 0.15) is 93.4 Å². The molecule has 2 heterocycles. The minimum atomic E-state index is -1.40. The zero-order valence-electron chi connectivity index (χ0n) is 25.4. The number of hydrogen-bond acceptors (Lipinski definition) is 8. The maximum Gasteiger partial charge on any atom is 0.309 e. The molecule has 10 atom stereocenters. The van der Waals surface area contributed by atoms with E-state index < -0.39 is 35.9 Å². The SMILES string of the molecule is CCCC(=O)OC1/C=C/C(C)C(/C(C)=C/C=C/C(C)CC2OC2C(C)C(O)CC)OC(=O)CC(O)CCC1(C)O. The summed E-state index contributed by atoms with van der Waals surface area (Å²) in [7, 11) is 0. The number of aliphatic hydroxyl groups excluding tert-OH is 2. The molecule has 3 N–H and O–H groups in total. The molecule has 2 aliphatic heterocycles. The van der Waals surface area contributed by atoms with Crippen molar-refractivity contribution in [1.82, 2.24) is 0 Å². The van der Waals surface area contributed by atoms with Gasteiger partial charge in [0.2, 0.25) is 0 Å². The Morgan fingerprint density at radius 3 is 2.62 bits per heavy atom. The smallest absolute Gasteiger partial charge is 0.309 e. The van der Waals surface area contributed by atoms with Crippen molar-refractivity contribution in [1.29, 1.82) is 0 Å². The molecule has 0 saturated carbocycles. The zero-order chi connectivity index (χ0) is 30.0. The van der Waals surface area contributed by atoms with Gasteiger partial charge in [-0.15, -0.1) is 0 Å². The van der Waals surface area contributed by atoms with Crippen LogP contribution in [-0.4, -0.2) is 69.5 Å². The van der Waals surface area contributed by atoms with E-state index in [0.29, 0.717) is 6.42 Å². The van der Waals surface area contributed by atoms with Crippen LogP contribution < -0.4 is 0 Å². The predicted octanol–water partition coefficient (Wildman–Crippen LogP) is 4.80. The van der Waals surface area contributed by atoms with Crippen LogP contribution in [0.3, 0.4) is 0 Å². The summed E-state index contributed by atoms with van der Waals surface area (Å²) >= 11 is 0. The standard InChI is InChI=1S/C32H52O8/c1-8-11-28(35)39-27-15-14-22(5)30(40-29(36)19-24(33)16-17-32(27,7)37)21(4)13-10-12-20(3)18-26-31(38-26)23(6)25(34)9-2/h10,12-15,20,22-27,30-31,33-34,37H,8-9,11,16-19H2,1-7H3/b12-10+,15-14+,21-13+. The topological polar surface area (TPSA) is 126 Å². The maximum absolute atomic E-state index is 12.7. The number of aliphatic hydroxyl groups is 3. The van der Waals surface area contributed by atoms with Gasteiger partial charge in [0, 0.05) is 18.3 Å². The number of cyclic esters (lactones) is 1. The third-order valence-electron chi connectivity index (χ3n) is 8.05. The maximum atomic E-state index is 12.7. The lowest BCUT2D eigenvalue weighted by Crippen LogP contribution is -2.42. The van der Waals surface area contributed by atoms with Crippen molar-refractivity contribution in [3.8, 4) is 0 Å². The Labute approximate surface area is 240 Å². The first-order chi connectivity index (χ1) is 18.8. The molecule has 10 unspecified atom stereocenters. The van der Waals surface area contributed by atoms with Crippen LogP contribution in [0, 0.1) is 17.8 Å². The Hall–Kier alpha value is -2.00. The van der Waals surface area contributed by atoms with E-state index in [2.05, 4.69) is 13.0 Å². The lowest BCUT2D eigenvalue weighted by molar-refractivity contribution is -0.159. The minimum absolute atomic E-state index is 0.104. The fourth-order valence-corrected chi connectivity index (χ4v) is 5.19. The monoisotopic (exact) mass is 564 g/mol. The van der Waals surface area contributed by atoms with Crippen molar-refractivity contribution in [2.24, 2.45) is 17.8 Å². The fraction of sp³-hybridized carbons (Fsp3) is 0.750. The summed E-state index contributed by atoms with van der Waals surface area (Å²) in [5.74, 6) is -0.796. The van der Waals surface area contributed by atoms with Crippen LogP contribution in [0.15, 0.2) is 36.0 Å². The third-order valence-corrected chi connectivity index (χ3v) is 8.05. The van der Waals surface area contributed by atoms with E-state index in [-0.39, 0.29) is 61.7 Å². The first kappa shape index (κ1) is 34.2.